The van der Waals surface area contributed by atoms with Crippen LogP contribution in [-0.2, 0) is 21.2 Å². The molecular formula is C29H34ClN3O4S. The van der Waals surface area contributed by atoms with Crippen LogP contribution in [0.3, 0.4) is 0 Å². The third-order valence-electron chi connectivity index (χ3n) is 6.95. The predicted molar refractivity (Wildman–Crippen MR) is 152 cm³/mol. The predicted octanol–water partition coefficient (Wildman–Crippen LogP) is 4.55. The van der Waals surface area contributed by atoms with Gasteiger partial charge in [-0.1, -0.05) is 48.0 Å². The molecule has 7 nitrogen and oxygen atoms in total. The fourth-order valence-electron chi connectivity index (χ4n) is 4.71. The monoisotopic (exact) mass is 555 g/mol. The Kier molecular flexibility index (Phi) is 8.97. The van der Waals surface area contributed by atoms with Gasteiger partial charge in [-0.25, -0.2) is 8.42 Å². The summed E-state index contributed by atoms with van der Waals surface area (Å²) in [6.45, 7) is 6.17. The number of aryl methyl sites for hydroxylation is 2. The van der Waals surface area contributed by atoms with E-state index in [0.717, 1.165) is 22.4 Å². The number of hydrogen-bond donors (Lipinski definition) is 0. The zero-order valence-electron chi connectivity index (χ0n) is 22.1. The van der Waals surface area contributed by atoms with Crippen molar-refractivity contribution in [2.75, 3.05) is 51.3 Å². The van der Waals surface area contributed by atoms with E-state index < -0.39 is 10.0 Å². The maximum absolute atomic E-state index is 13.7. The summed E-state index contributed by atoms with van der Waals surface area (Å²) < 4.78 is 34.0. The zero-order valence-corrected chi connectivity index (χ0v) is 23.6. The quantitative estimate of drug-likeness (QED) is 0.387. The van der Waals surface area contributed by atoms with Gasteiger partial charge in [-0.05, 0) is 67.3 Å². The second-order valence-corrected chi connectivity index (χ2v) is 11.9. The van der Waals surface area contributed by atoms with Crippen molar-refractivity contribution in [3.63, 3.8) is 0 Å². The number of carbonyl (C=O) groups excluding carboxylic acids is 1. The van der Waals surface area contributed by atoms with E-state index in [9.17, 15) is 13.2 Å². The van der Waals surface area contributed by atoms with Crippen molar-refractivity contribution in [3.05, 3.63) is 88.4 Å². The average Bonchev–Trinajstić information content (AvgIpc) is 2.92. The summed E-state index contributed by atoms with van der Waals surface area (Å²) in [5.41, 5.74) is 3.92. The molecule has 9 heteroatoms. The third-order valence-corrected chi connectivity index (χ3v) is 9.03. The average molecular weight is 556 g/mol. The number of sulfonamides is 1. The van der Waals surface area contributed by atoms with Crippen LogP contribution in [0.5, 0.6) is 5.75 Å². The van der Waals surface area contributed by atoms with Crippen LogP contribution < -0.4 is 9.64 Å². The number of amides is 1. The van der Waals surface area contributed by atoms with Crippen LogP contribution in [0.2, 0.25) is 5.02 Å². The van der Waals surface area contributed by atoms with E-state index in [1.807, 2.05) is 55.5 Å². The SMILES string of the molecule is COc1ccc(S(=O)(=O)N(CCc2ccccc2)CC(=O)N2CCN(c3cc(Cl)ccc3C)CC2)cc1C. The number of nitrogens with zero attached hydrogens (tertiary/aromatic N) is 3. The summed E-state index contributed by atoms with van der Waals surface area (Å²) in [5, 5.41) is 0.678. The Morgan fingerprint density at radius 2 is 1.66 bits per heavy atom. The number of halogens is 1. The fourth-order valence-corrected chi connectivity index (χ4v) is 6.36. The maximum Gasteiger partial charge on any atom is 0.243 e. The molecule has 3 aromatic rings. The Hall–Kier alpha value is -3.07. The molecule has 1 amide bonds. The highest BCUT2D eigenvalue weighted by Gasteiger charge is 2.30. The molecule has 38 heavy (non-hydrogen) atoms. The minimum absolute atomic E-state index is 0.151. The summed E-state index contributed by atoms with van der Waals surface area (Å²) in [6.07, 6.45) is 0.504. The first kappa shape index (κ1) is 28.0. The lowest BCUT2D eigenvalue weighted by Gasteiger charge is -2.37. The highest BCUT2D eigenvalue weighted by Crippen LogP contribution is 2.26. The summed E-state index contributed by atoms with van der Waals surface area (Å²) in [6, 6.07) is 20.3. The second kappa shape index (κ2) is 12.2. The molecule has 1 aliphatic rings. The lowest BCUT2D eigenvalue weighted by atomic mass is 10.1. The Morgan fingerprint density at radius 3 is 2.32 bits per heavy atom. The molecule has 1 fully saturated rings. The molecule has 0 bridgehead atoms. The normalized spacial score (nSPS) is 14.1. The van der Waals surface area contributed by atoms with Gasteiger partial charge in [-0.3, -0.25) is 4.79 Å². The van der Waals surface area contributed by atoms with Crippen molar-refractivity contribution in [1.82, 2.24) is 9.21 Å². The Labute approximate surface area is 230 Å². The topological polar surface area (TPSA) is 70.2 Å². The molecule has 0 unspecified atom stereocenters. The van der Waals surface area contributed by atoms with E-state index >= 15 is 0 Å². The van der Waals surface area contributed by atoms with Crippen molar-refractivity contribution >= 4 is 33.2 Å². The first-order valence-corrected chi connectivity index (χ1v) is 14.5. The molecule has 3 aromatic carbocycles. The minimum Gasteiger partial charge on any atom is -0.496 e. The summed E-state index contributed by atoms with van der Waals surface area (Å²) in [7, 11) is -2.36. The van der Waals surface area contributed by atoms with Gasteiger partial charge in [-0.15, -0.1) is 0 Å². The lowest BCUT2D eigenvalue weighted by Crippen LogP contribution is -2.52. The Balaban J connectivity index is 1.50. The number of methoxy groups -OCH3 is 1. The fraction of sp³-hybridized carbons (Fsp3) is 0.345. The van der Waals surface area contributed by atoms with Crippen molar-refractivity contribution in [2.24, 2.45) is 0 Å². The zero-order chi connectivity index (χ0) is 27.3. The van der Waals surface area contributed by atoms with Gasteiger partial charge >= 0.3 is 0 Å². The summed E-state index contributed by atoms with van der Waals surface area (Å²) in [4.78, 5) is 17.5. The van der Waals surface area contributed by atoms with E-state index in [4.69, 9.17) is 16.3 Å². The molecule has 1 aliphatic heterocycles. The van der Waals surface area contributed by atoms with Gasteiger partial charge in [0.2, 0.25) is 15.9 Å². The van der Waals surface area contributed by atoms with Crippen LogP contribution in [0.15, 0.2) is 71.6 Å². The number of piperazine rings is 1. The smallest absolute Gasteiger partial charge is 0.243 e. The first-order valence-electron chi connectivity index (χ1n) is 12.7. The van der Waals surface area contributed by atoms with Crippen molar-refractivity contribution < 1.29 is 17.9 Å². The molecule has 0 radical (unpaired) electrons. The number of ether oxygens (including phenoxy) is 1. The first-order chi connectivity index (χ1) is 18.2. The number of benzene rings is 3. The van der Waals surface area contributed by atoms with Gasteiger partial charge in [0, 0.05) is 43.4 Å². The standard InChI is InChI=1S/C29H34ClN3O4S/c1-22-9-10-25(30)20-27(22)31-15-17-32(18-16-31)29(34)21-33(14-13-24-7-5-4-6-8-24)38(35,36)26-11-12-28(37-3)23(2)19-26/h4-12,19-20H,13-18,21H2,1-3H3. The molecule has 0 atom stereocenters. The Bertz CT molecular complexity index is 1370. The lowest BCUT2D eigenvalue weighted by molar-refractivity contribution is -0.131. The molecular weight excluding hydrogens is 522 g/mol. The molecule has 1 heterocycles. The van der Waals surface area contributed by atoms with Crippen molar-refractivity contribution in [3.8, 4) is 5.75 Å². The van der Waals surface area contributed by atoms with E-state index in [0.29, 0.717) is 43.4 Å². The second-order valence-electron chi connectivity index (χ2n) is 9.50. The molecule has 4 rings (SSSR count). The van der Waals surface area contributed by atoms with Crippen molar-refractivity contribution in [1.29, 1.82) is 0 Å². The van der Waals surface area contributed by atoms with Crippen LogP contribution >= 0.6 is 11.6 Å². The number of rotatable bonds is 9. The molecule has 0 spiro atoms. The number of carbonyl (C=O) groups is 1. The molecule has 0 aromatic heterocycles. The van der Waals surface area contributed by atoms with E-state index in [-0.39, 0.29) is 23.9 Å². The highest BCUT2D eigenvalue weighted by atomic mass is 35.5. The van der Waals surface area contributed by atoms with Crippen LogP contribution in [0, 0.1) is 13.8 Å². The van der Waals surface area contributed by atoms with Crippen LogP contribution in [0.25, 0.3) is 0 Å². The molecule has 202 valence electrons. The van der Waals surface area contributed by atoms with Gasteiger partial charge in [0.25, 0.3) is 0 Å². The van der Waals surface area contributed by atoms with Gasteiger partial charge < -0.3 is 14.5 Å². The maximum atomic E-state index is 13.7. The van der Waals surface area contributed by atoms with E-state index in [2.05, 4.69) is 4.90 Å². The molecule has 1 saturated heterocycles. The molecule has 0 aliphatic carbocycles. The van der Waals surface area contributed by atoms with Gasteiger partial charge in [0.15, 0.2) is 0 Å². The number of anilines is 1. The van der Waals surface area contributed by atoms with Crippen LogP contribution in [0.1, 0.15) is 16.7 Å². The van der Waals surface area contributed by atoms with Crippen LogP contribution in [-0.4, -0.2) is 69.9 Å². The van der Waals surface area contributed by atoms with Gasteiger partial charge in [-0.2, -0.15) is 4.31 Å². The van der Waals surface area contributed by atoms with Gasteiger partial charge in [0.05, 0.1) is 18.6 Å². The summed E-state index contributed by atoms with van der Waals surface area (Å²) >= 11 is 6.21. The number of hydrogen-bond acceptors (Lipinski definition) is 5. The Morgan fingerprint density at radius 1 is 0.947 bits per heavy atom. The van der Waals surface area contributed by atoms with E-state index in [1.54, 1.807) is 31.1 Å². The van der Waals surface area contributed by atoms with E-state index in [1.165, 1.54) is 10.4 Å². The molecule has 0 N–H and O–H groups in total. The highest BCUT2D eigenvalue weighted by molar-refractivity contribution is 7.89. The third kappa shape index (κ3) is 6.49. The van der Waals surface area contributed by atoms with Crippen molar-refractivity contribution in [2.45, 2.75) is 25.2 Å². The van der Waals surface area contributed by atoms with Crippen LogP contribution in [0.4, 0.5) is 5.69 Å². The summed E-state index contributed by atoms with van der Waals surface area (Å²) in [5.74, 6) is 0.415. The van der Waals surface area contributed by atoms with Gasteiger partial charge in [0.1, 0.15) is 5.75 Å². The molecule has 0 saturated carbocycles. The largest absolute Gasteiger partial charge is 0.496 e. The minimum atomic E-state index is -3.91.